The number of carbonyl (C=O) groups is 1. The first-order valence-electron chi connectivity index (χ1n) is 12.1. The van der Waals surface area contributed by atoms with E-state index in [-0.39, 0.29) is 12.3 Å². The van der Waals surface area contributed by atoms with Crippen LogP contribution >= 0.6 is 0 Å². The highest BCUT2D eigenvalue weighted by atomic mass is 16.5. The molecular weight excluding hydrogens is 428 g/mol. The minimum Gasteiger partial charge on any atom is -0.481 e. The lowest BCUT2D eigenvalue weighted by Gasteiger charge is -2.40. The van der Waals surface area contributed by atoms with E-state index in [0.717, 1.165) is 49.2 Å². The van der Waals surface area contributed by atoms with Crippen molar-refractivity contribution in [1.29, 1.82) is 5.26 Å². The van der Waals surface area contributed by atoms with Crippen LogP contribution in [0.2, 0.25) is 0 Å². The number of hydrogen-bond acceptors (Lipinski definition) is 6. The molecule has 1 aromatic carbocycles. The van der Waals surface area contributed by atoms with E-state index in [2.05, 4.69) is 53.3 Å². The van der Waals surface area contributed by atoms with E-state index in [9.17, 15) is 9.90 Å². The van der Waals surface area contributed by atoms with Crippen LogP contribution in [-0.2, 0) is 9.53 Å². The van der Waals surface area contributed by atoms with Crippen molar-refractivity contribution in [3.63, 3.8) is 0 Å². The number of ether oxygens (including phenoxy) is 1. The average Bonchev–Trinajstić information content (AvgIpc) is 2.82. The van der Waals surface area contributed by atoms with Gasteiger partial charge >= 0.3 is 5.97 Å². The molecule has 0 bridgehead atoms. The van der Waals surface area contributed by atoms with Gasteiger partial charge in [-0.25, -0.2) is 4.98 Å². The maximum atomic E-state index is 11.3. The summed E-state index contributed by atoms with van der Waals surface area (Å²) in [5.74, 6) is 0.204. The van der Waals surface area contributed by atoms with E-state index >= 15 is 0 Å². The molecule has 1 aliphatic carbocycles. The Hall–Kier alpha value is -3.11. The summed E-state index contributed by atoms with van der Waals surface area (Å²) in [7, 11) is 1.79. The molecule has 1 unspecified atom stereocenters. The van der Waals surface area contributed by atoms with Crippen molar-refractivity contribution in [3.8, 4) is 6.07 Å². The van der Waals surface area contributed by atoms with E-state index in [1.54, 1.807) is 25.4 Å². The molecule has 0 aliphatic heterocycles. The quantitative estimate of drug-likeness (QED) is 0.466. The Morgan fingerprint density at radius 1 is 1.24 bits per heavy atom. The molecule has 1 atom stereocenters. The van der Waals surface area contributed by atoms with Crippen LogP contribution in [0, 0.1) is 17.2 Å². The monoisotopic (exact) mass is 464 g/mol. The number of carboxylic acid groups (broad SMARTS) is 1. The summed E-state index contributed by atoms with van der Waals surface area (Å²) in [4.78, 5) is 18.2. The van der Waals surface area contributed by atoms with Gasteiger partial charge in [-0.3, -0.25) is 4.79 Å². The molecule has 182 valence electrons. The van der Waals surface area contributed by atoms with Crippen molar-refractivity contribution in [2.45, 2.75) is 70.9 Å². The number of nitriles is 1. The first-order valence-corrected chi connectivity index (χ1v) is 12.1. The van der Waals surface area contributed by atoms with E-state index in [1.807, 2.05) is 6.92 Å². The molecule has 1 heterocycles. The Balaban J connectivity index is 1.99. The number of carboxylic acids is 1. The van der Waals surface area contributed by atoms with E-state index in [1.165, 1.54) is 0 Å². The predicted octanol–water partition coefficient (Wildman–Crippen LogP) is 5.70. The molecule has 2 N–H and O–H groups in total. The van der Waals surface area contributed by atoms with Gasteiger partial charge in [-0.15, -0.1) is 0 Å². The third-order valence-electron chi connectivity index (χ3n) is 6.51. The van der Waals surface area contributed by atoms with Gasteiger partial charge in [0.2, 0.25) is 0 Å². The number of hydrogen-bond donors (Lipinski definition) is 2. The fourth-order valence-corrected chi connectivity index (χ4v) is 4.69. The summed E-state index contributed by atoms with van der Waals surface area (Å²) >= 11 is 0. The topological polar surface area (TPSA) is 98.5 Å². The lowest BCUT2D eigenvalue weighted by atomic mass is 9.90. The largest absolute Gasteiger partial charge is 0.481 e. The number of aromatic nitrogens is 1. The molecule has 2 aromatic rings. The van der Waals surface area contributed by atoms with Crippen LogP contribution in [0.3, 0.4) is 0 Å². The third kappa shape index (κ3) is 6.71. The van der Waals surface area contributed by atoms with Crippen molar-refractivity contribution in [2.24, 2.45) is 5.92 Å². The maximum absolute atomic E-state index is 11.3. The molecule has 7 heteroatoms. The van der Waals surface area contributed by atoms with Crippen LogP contribution in [-0.4, -0.2) is 41.9 Å². The smallest absolute Gasteiger partial charge is 0.303 e. The molecule has 1 aromatic heterocycles. The molecule has 0 radical (unpaired) electrons. The molecule has 3 rings (SSSR count). The van der Waals surface area contributed by atoms with Gasteiger partial charge in [0.1, 0.15) is 11.9 Å². The van der Waals surface area contributed by atoms with E-state index in [4.69, 9.17) is 10.00 Å². The first kappa shape index (κ1) is 25.5. The zero-order chi connectivity index (χ0) is 24.7. The first-order chi connectivity index (χ1) is 16.3. The molecule has 1 saturated carbocycles. The second-order valence-corrected chi connectivity index (χ2v) is 9.66. The van der Waals surface area contributed by atoms with Gasteiger partial charge in [0.25, 0.3) is 0 Å². The zero-order valence-electron chi connectivity index (χ0n) is 20.6. The van der Waals surface area contributed by atoms with Crippen LogP contribution in [0.15, 0.2) is 36.5 Å². The summed E-state index contributed by atoms with van der Waals surface area (Å²) in [5, 5.41) is 21.8. The summed E-state index contributed by atoms with van der Waals surface area (Å²) in [6, 6.07) is 12.3. The molecule has 0 saturated heterocycles. The van der Waals surface area contributed by atoms with Gasteiger partial charge in [-0.2, -0.15) is 5.26 Å². The van der Waals surface area contributed by atoms with Crippen molar-refractivity contribution in [3.05, 3.63) is 47.7 Å². The van der Waals surface area contributed by atoms with E-state index in [0.29, 0.717) is 29.4 Å². The van der Waals surface area contributed by atoms with Crippen molar-refractivity contribution in [1.82, 2.24) is 4.98 Å². The number of pyridine rings is 1. The second-order valence-electron chi connectivity index (χ2n) is 9.66. The molecule has 7 nitrogen and oxygen atoms in total. The zero-order valence-corrected chi connectivity index (χ0v) is 20.6. The fourth-order valence-electron chi connectivity index (χ4n) is 4.69. The fraction of sp³-hybridized carbons (Fsp3) is 0.519. The van der Waals surface area contributed by atoms with Gasteiger partial charge in [-0.1, -0.05) is 26.8 Å². The molecule has 1 aliphatic rings. The van der Waals surface area contributed by atoms with Gasteiger partial charge in [0.15, 0.2) is 0 Å². The number of nitrogens with one attached hydrogen (secondary N) is 1. The second kappa shape index (κ2) is 11.8. The van der Waals surface area contributed by atoms with Gasteiger partial charge in [0, 0.05) is 25.9 Å². The minimum absolute atomic E-state index is 0.0741. The highest BCUT2D eigenvalue weighted by Gasteiger charge is 2.28. The van der Waals surface area contributed by atoms with Crippen LogP contribution < -0.4 is 10.2 Å². The molecule has 0 amide bonds. The Morgan fingerprint density at radius 3 is 2.53 bits per heavy atom. The maximum Gasteiger partial charge on any atom is 0.303 e. The minimum atomic E-state index is -0.809. The Kier molecular flexibility index (Phi) is 8.89. The molecular formula is C27H36N4O3. The van der Waals surface area contributed by atoms with Gasteiger partial charge in [0.05, 0.1) is 29.5 Å². The Bertz CT molecular complexity index is 992. The number of rotatable bonds is 10. The predicted molar refractivity (Wildman–Crippen MR) is 135 cm³/mol. The molecule has 0 spiro atoms. The Labute approximate surface area is 202 Å². The number of anilines is 3. The summed E-state index contributed by atoms with van der Waals surface area (Å²) in [6.45, 7) is 7.31. The van der Waals surface area contributed by atoms with Crippen molar-refractivity contribution >= 4 is 23.2 Å². The SMILES string of the molecule is COC1CCC(N(CC(C)C)c2ccc(C(C)CC(=O)O)cc2Nc2ccc(C#N)cn2)CC1. The molecule has 34 heavy (non-hydrogen) atoms. The highest BCUT2D eigenvalue weighted by molar-refractivity contribution is 5.76. The van der Waals surface area contributed by atoms with Crippen LogP contribution in [0.5, 0.6) is 0 Å². The van der Waals surface area contributed by atoms with Crippen molar-refractivity contribution < 1.29 is 14.6 Å². The standard InChI is InChI=1S/C27H36N4O3/c1-18(2)17-31(22-7-9-23(34-4)10-8-22)25-11-6-21(19(3)13-27(32)33)14-24(25)30-26-12-5-20(15-28)16-29-26/h5-6,11-12,14,16,18-19,22-23H,7-10,13,17H2,1-4H3,(H,29,30)(H,32,33). The van der Waals surface area contributed by atoms with Gasteiger partial charge in [-0.05, 0) is 67.3 Å². The van der Waals surface area contributed by atoms with Crippen molar-refractivity contribution in [2.75, 3.05) is 23.9 Å². The summed E-state index contributed by atoms with van der Waals surface area (Å²) in [5.41, 5.74) is 3.47. The van der Waals surface area contributed by atoms with Crippen LogP contribution in [0.1, 0.15) is 69.9 Å². The summed E-state index contributed by atoms with van der Waals surface area (Å²) < 4.78 is 5.59. The number of nitrogens with zero attached hydrogens (tertiary/aromatic N) is 3. The lowest BCUT2D eigenvalue weighted by molar-refractivity contribution is -0.137. The average molecular weight is 465 g/mol. The molecule has 1 fully saturated rings. The number of aliphatic carboxylic acids is 1. The summed E-state index contributed by atoms with van der Waals surface area (Å²) in [6.07, 6.45) is 6.18. The van der Waals surface area contributed by atoms with Crippen LogP contribution in [0.4, 0.5) is 17.2 Å². The number of methoxy groups -OCH3 is 1. The normalized spacial score (nSPS) is 18.8. The van der Waals surface area contributed by atoms with Crippen LogP contribution in [0.25, 0.3) is 0 Å². The van der Waals surface area contributed by atoms with E-state index < -0.39 is 5.97 Å². The highest BCUT2D eigenvalue weighted by Crippen LogP contribution is 2.37. The van der Waals surface area contributed by atoms with Gasteiger partial charge < -0.3 is 20.1 Å². The Morgan fingerprint density at radius 2 is 1.97 bits per heavy atom. The number of benzene rings is 1. The lowest BCUT2D eigenvalue weighted by Crippen LogP contribution is -2.41. The third-order valence-corrected chi connectivity index (χ3v) is 6.51.